The Balaban J connectivity index is 1.57. The summed E-state index contributed by atoms with van der Waals surface area (Å²) in [5, 5.41) is 3.39. The number of methoxy groups -OCH3 is 1. The van der Waals surface area contributed by atoms with Crippen molar-refractivity contribution < 1.29 is 4.74 Å². The monoisotopic (exact) mass is 368 g/mol. The van der Waals surface area contributed by atoms with Crippen molar-refractivity contribution in [2.24, 2.45) is 5.92 Å². The van der Waals surface area contributed by atoms with Crippen LogP contribution in [0.5, 0.6) is 0 Å². The number of nitrogens with one attached hydrogen (secondary N) is 1. The van der Waals surface area contributed by atoms with E-state index in [0.29, 0.717) is 5.92 Å². The highest BCUT2D eigenvalue weighted by atomic mass is 16.5. The molecule has 1 fully saturated rings. The third-order valence-electron chi connectivity index (χ3n) is 5.74. The maximum atomic E-state index is 5.66. The van der Waals surface area contributed by atoms with Crippen molar-refractivity contribution in [2.45, 2.75) is 19.4 Å². The first-order valence-electron chi connectivity index (χ1n) is 9.78. The van der Waals surface area contributed by atoms with E-state index < -0.39 is 0 Å². The van der Waals surface area contributed by atoms with Gasteiger partial charge in [-0.1, -0.05) is 31.2 Å². The first kappa shape index (κ1) is 19.6. The third kappa shape index (κ3) is 4.60. The summed E-state index contributed by atoms with van der Waals surface area (Å²) in [6, 6.07) is 4.06. The largest absolute Gasteiger partial charge is 0.379 e. The maximum absolute atomic E-state index is 5.66. The van der Waals surface area contributed by atoms with Crippen LogP contribution in [0, 0.1) is 5.92 Å². The maximum Gasteiger partial charge on any atom is 0.152 e. The van der Waals surface area contributed by atoms with Crippen LogP contribution in [0.25, 0.3) is 0 Å². The minimum atomic E-state index is -0.185. The van der Waals surface area contributed by atoms with Crippen molar-refractivity contribution in [2.75, 3.05) is 56.6 Å². The molecular weight excluding hydrogens is 336 g/mol. The Bertz CT molecular complexity index is 706. The molecule has 1 aromatic heterocycles. The highest BCUT2D eigenvalue weighted by Crippen LogP contribution is 2.30. The van der Waals surface area contributed by atoms with Gasteiger partial charge in [-0.25, -0.2) is 4.98 Å². The van der Waals surface area contributed by atoms with Crippen LogP contribution in [0.4, 0.5) is 11.5 Å². The summed E-state index contributed by atoms with van der Waals surface area (Å²) in [5.41, 5.74) is 2.28. The Labute approximate surface area is 163 Å². The molecule has 146 valence electrons. The lowest BCUT2D eigenvalue weighted by Gasteiger charge is -2.38. The second-order valence-corrected chi connectivity index (χ2v) is 7.56. The highest BCUT2D eigenvalue weighted by molar-refractivity contribution is 5.65. The zero-order chi connectivity index (χ0) is 19.3. The van der Waals surface area contributed by atoms with Gasteiger partial charge in [-0.3, -0.25) is 4.90 Å². The van der Waals surface area contributed by atoms with Crippen LogP contribution < -0.4 is 10.2 Å². The predicted octanol–water partition coefficient (Wildman–Crippen LogP) is 3.34. The highest BCUT2D eigenvalue weighted by Gasteiger charge is 2.30. The van der Waals surface area contributed by atoms with Crippen LogP contribution in [0.3, 0.4) is 0 Å². The van der Waals surface area contributed by atoms with Gasteiger partial charge in [0.05, 0.1) is 11.3 Å². The zero-order valence-corrected chi connectivity index (χ0v) is 16.8. The average Bonchev–Trinajstić information content (AvgIpc) is 2.70. The van der Waals surface area contributed by atoms with Gasteiger partial charge in [0.15, 0.2) is 5.82 Å². The summed E-state index contributed by atoms with van der Waals surface area (Å²) < 4.78 is 5.66. The number of hydrogen-bond donors (Lipinski definition) is 1. The van der Waals surface area contributed by atoms with Crippen LogP contribution in [-0.2, 0) is 4.74 Å². The summed E-state index contributed by atoms with van der Waals surface area (Å²) in [4.78, 5) is 9.50. The number of anilines is 2. The summed E-state index contributed by atoms with van der Waals surface area (Å²) >= 11 is 0. The van der Waals surface area contributed by atoms with Crippen LogP contribution in [-0.4, -0.2) is 61.9 Å². The lowest BCUT2D eigenvalue weighted by atomic mass is 9.84. The molecule has 1 saturated heterocycles. The topological polar surface area (TPSA) is 40.6 Å². The molecule has 2 unspecified atom stereocenters. The van der Waals surface area contributed by atoms with E-state index in [1.165, 1.54) is 5.57 Å². The average molecular weight is 369 g/mol. The molecule has 5 heteroatoms. The van der Waals surface area contributed by atoms with E-state index in [0.717, 1.165) is 50.8 Å². The number of ether oxygens (including phenoxy) is 1. The van der Waals surface area contributed by atoms with E-state index in [4.69, 9.17) is 4.74 Å². The minimum Gasteiger partial charge on any atom is -0.379 e. The number of nitrogens with zero attached hydrogens (tertiary/aromatic N) is 3. The second kappa shape index (κ2) is 8.72. The first-order valence-corrected chi connectivity index (χ1v) is 9.78. The fourth-order valence-corrected chi connectivity index (χ4v) is 3.67. The van der Waals surface area contributed by atoms with Crippen LogP contribution in [0.2, 0.25) is 0 Å². The lowest BCUT2D eigenvalue weighted by molar-refractivity contribution is 0.0176. The molecule has 2 aliphatic rings. The van der Waals surface area contributed by atoms with Crippen molar-refractivity contribution in [3.8, 4) is 0 Å². The molecule has 0 bridgehead atoms. The summed E-state index contributed by atoms with van der Waals surface area (Å²) in [7, 11) is 1.79. The van der Waals surface area contributed by atoms with Crippen LogP contribution in [0.1, 0.15) is 13.8 Å². The van der Waals surface area contributed by atoms with E-state index in [1.807, 2.05) is 18.3 Å². The Morgan fingerprint density at radius 2 is 2.15 bits per heavy atom. The number of rotatable bonds is 7. The van der Waals surface area contributed by atoms with Crippen LogP contribution in [0.15, 0.2) is 54.8 Å². The first-order chi connectivity index (χ1) is 13.1. The van der Waals surface area contributed by atoms with Gasteiger partial charge < -0.3 is 15.0 Å². The predicted molar refractivity (Wildman–Crippen MR) is 113 cm³/mol. The smallest absolute Gasteiger partial charge is 0.152 e. The molecule has 27 heavy (non-hydrogen) atoms. The van der Waals surface area contributed by atoms with Gasteiger partial charge >= 0.3 is 0 Å². The van der Waals surface area contributed by atoms with Gasteiger partial charge in [-0.05, 0) is 24.6 Å². The van der Waals surface area contributed by atoms with Gasteiger partial charge in [-0.2, -0.15) is 0 Å². The molecule has 0 spiro atoms. The second-order valence-electron chi connectivity index (χ2n) is 7.56. The molecular formula is C22H32N4O. The number of pyridine rings is 1. The van der Waals surface area contributed by atoms with Gasteiger partial charge in [0.1, 0.15) is 0 Å². The summed E-state index contributed by atoms with van der Waals surface area (Å²) in [6.07, 6.45) is 10.5. The standard InChI is InChI=1S/C22H32N4O/c1-5-10-23-20-7-6-11-24-21(20)26-14-12-25(13-15-26)17-19-8-9-22(3,27-4)18(2)16-19/h5-9,11,16,18,23H,1,10,12-15,17H2,2-4H3. The Hall–Kier alpha value is -2.11. The quantitative estimate of drug-likeness (QED) is 0.748. The Morgan fingerprint density at radius 3 is 2.81 bits per heavy atom. The van der Waals surface area contributed by atoms with E-state index in [-0.39, 0.29) is 5.60 Å². The number of aromatic nitrogens is 1. The Kier molecular flexibility index (Phi) is 6.34. The van der Waals surface area contributed by atoms with E-state index >= 15 is 0 Å². The molecule has 1 aliphatic heterocycles. The molecule has 0 amide bonds. The molecule has 1 N–H and O–H groups in total. The Morgan fingerprint density at radius 1 is 1.37 bits per heavy atom. The molecule has 2 atom stereocenters. The van der Waals surface area contributed by atoms with Gasteiger partial charge in [0, 0.05) is 58.5 Å². The minimum absolute atomic E-state index is 0.185. The molecule has 0 aromatic carbocycles. The number of piperazine rings is 1. The molecule has 0 saturated carbocycles. The van der Waals surface area contributed by atoms with E-state index in [9.17, 15) is 0 Å². The van der Waals surface area contributed by atoms with Crippen molar-refractivity contribution in [1.82, 2.24) is 9.88 Å². The van der Waals surface area contributed by atoms with Gasteiger partial charge in [-0.15, -0.1) is 6.58 Å². The number of hydrogen-bond acceptors (Lipinski definition) is 5. The van der Waals surface area contributed by atoms with Crippen molar-refractivity contribution in [3.05, 3.63) is 54.8 Å². The lowest BCUT2D eigenvalue weighted by Crippen LogP contribution is -2.47. The fourth-order valence-electron chi connectivity index (χ4n) is 3.67. The third-order valence-corrected chi connectivity index (χ3v) is 5.74. The zero-order valence-electron chi connectivity index (χ0n) is 16.8. The van der Waals surface area contributed by atoms with Crippen molar-refractivity contribution in [1.29, 1.82) is 0 Å². The van der Waals surface area contributed by atoms with Crippen molar-refractivity contribution >= 4 is 11.5 Å². The summed E-state index contributed by atoms with van der Waals surface area (Å²) in [6.45, 7) is 14.0. The molecule has 1 aliphatic carbocycles. The van der Waals surface area contributed by atoms with Gasteiger partial charge in [0.2, 0.25) is 0 Å². The van der Waals surface area contributed by atoms with Crippen molar-refractivity contribution in [3.63, 3.8) is 0 Å². The van der Waals surface area contributed by atoms with Gasteiger partial charge in [0.25, 0.3) is 0 Å². The normalized spacial score (nSPS) is 26.0. The molecule has 5 nitrogen and oxygen atoms in total. The SMILES string of the molecule is C=CCNc1cccnc1N1CCN(CC2=CC(C)C(C)(OC)C=C2)CC1. The van der Waals surface area contributed by atoms with E-state index in [2.05, 4.69) is 64.8 Å². The van der Waals surface area contributed by atoms with Crippen LogP contribution >= 0.6 is 0 Å². The molecule has 2 heterocycles. The molecule has 3 rings (SSSR count). The fraction of sp³-hybridized carbons (Fsp3) is 0.500. The van der Waals surface area contributed by atoms with E-state index in [1.54, 1.807) is 7.11 Å². The summed E-state index contributed by atoms with van der Waals surface area (Å²) in [5.74, 6) is 1.43. The molecule has 1 aromatic rings. The molecule has 0 radical (unpaired) electrons.